The minimum Gasteiger partial charge on any atom is -0.457 e. The smallest absolute Gasteiger partial charge is 0.417 e. The summed E-state index contributed by atoms with van der Waals surface area (Å²) in [6, 6.07) is 17.6. The van der Waals surface area contributed by atoms with Crippen molar-refractivity contribution >= 4 is 40.3 Å². The van der Waals surface area contributed by atoms with E-state index in [-0.39, 0.29) is 23.0 Å². The molecule has 2 aromatic carbocycles. The van der Waals surface area contributed by atoms with Crippen LogP contribution in [-0.2, 0) is 17.5 Å². The highest BCUT2D eigenvalue weighted by molar-refractivity contribution is 8.26. The van der Waals surface area contributed by atoms with Crippen molar-refractivity contribution in [3.05, 3.63) is 88.5 Å². The minimum atomic E-state index is -4.50. The number of alkyl halides is 3. The number of benzene rings is 2. The predicted octanol–water partition coefficient (Wildman–Crippen LogP) is 6.37. The van der Waals surface area contributed by atoms with E-state index in [9.17, 15) is 18.0 Å². The zero-order chi connectivity index (χ0) is 21.3. The number of thiocarbonyl (C=S) groups is 1. The van der Waals surface area contributed by atoms with Gasteiger partial charge in [-0.25, -0.2) is 0 Å². The van der Waals surface area contributed by atoms with Gasteiger partial charge in [-0.05, 0) is 23.8 Å². The van der Waals surface area contributed by atoms with Crippen LogP contribution < -0.4 is 0 Å². The third-order valence-electron chi connectivity index (χ3n) is 4.46. The van der Waals surface area contributed by atoms with Gasteiger partial charge in [-0.3, -0.25) is 9.69 Å². The number of amides is 1. The van der Waals surface area contributed by atoms with Crippen LogP contribution >= 0.6 is 24.0 Å². The van der Waals surface area contributed by atoms with Crippen LogP contribution in [0.1, 0.15) is 16.9 Å². The van der Waals surface area contributed by atoms with Crippen molar-refractivity contribution < 1.29 is 22.4 Å². The first-order valence-corrected chi connectivity index (χ1v) is 10.1. The van der Waals surface area contributed by atoms with Gasteiger partial charge in [0, 0.05) is 11.6 Å². The zero-order valence-corrected chi connectivity index (χ0v) is 17.0. The second-order valence-electron chi connectivity index (χ2n) is 6.50. The number of hydrogen-bond donors (Lipinski definition) is 0. The fourth-order valence-corrected chi connectivity index (χ4v) is 4.29. The van der Waals surface area contributed by atoms with Gasteiger partial charge in [0.05, 0.1) is 17.0 Å². The molecule has 2 heterocycles. The number of carbonyl (C=O) groups excluding carboxylic acids is 1. The first-order valence-electron chi connectivity index (χ1n) is 8.88. The van der Waals surface area contributed by atoms with Gasteiger partial charge < -0.3 is 4.42 Å². The van der Waals surface area contributed by atoms with Gasteiger partial charge in [0.2, 0.25) is 0 Å². The van der Waals surface area contributed by atoms with Gasteiger partial charge in [0.25, 0.3) is 5.91 Å². The van der Waals surface area contributed by atoms with E-state index in [0.717, 1.165) is 23.4 Å². The van der Waals surface area contributed by atoms with Crippen LogP contribution in [0.15, 0.2) is 76.1 Å². The quantitative estimate of drug-likeness (QED) is 0.345. The monoisotopic (exact) mass is 445 g/mol. The molecule has 0 spiro atoms. The van der Waals surface area contributed by atoms with Crippen LogP contribution in [-0.4, -0.2) is 15.1 Å². The minimum absolute atomic E-state index is 0.0544. The Kier molecular flexibility index (Phi) is 5.53. The topological polar surface area (TPSA) is 33.5 Å². The maximum Gasteiger partial charge on any atom is 0.417 e. The Morgan fingerprint density at radius 3 is 2.43 bits per heavy atom. The van der Waals surface area contributed by atoms with Gasteiger partial charge in [0.1, 0.15) is 15.8 Å². The van der Waals surface area contributed by atoms with Gasteiger partial charge >= 0.3 is 6.18 Å². The Labute approximate surface area is 180 Å². The number of thioether (sulfide) groups is 1. The molecular formula is C22H14F3NO2S2. The predicted molar refractivity (Wildman–Crippen MR) is 114 cm³/mol. The molecule has 0 atom stereocenters. The van der Waals surface area contributed by atoms with Crippen molar-refractivity contribution in [3.63, 3.8) is 0 Å². The van der Waals surface area contributed by atoms with E-state index in [1.165, 1.54) is 41.3 Å². The molecule has 1 aliphatic heterocycles. The lowest BCUT2D eigenvalue weighted by Crippen LogP contribution is -2.27. The highest BCUT2D eigenvalue weighted by Gasteiger charge is 2.34. The maximum absolute atomic E-state index is 13.3. The summed E-state index contributed by atoms with van der Waals surface area (Å²) in [6.45, 7) is 0.352. The van der Waals surface area contributed by atoms with Crippen LogP contribution in [0.25, 0.3) is 17.4 Å². The van der Waals surface area contributed by atoms with Crippen molar-refractivity contribution in [3.8, 4) is 11.3 Å². The van der Waals surface area contributed by atoms with E-state index < -0.39 is 11.7 Å². The van der Waals surface area contributed by atoms with Crippen LogP contribution in [0.2, 0.25) is 0 Å². The molecule has 1 aliphatic rings. The molecule has 1 fully saturated rings. The molecule has 1 saturated heterocycles. The molecule has 0 bridgehead atoms. The standard InChI is InChI=1S/C22H14F3NO2S2/c23-22(24,25)17-9-5-4-8-16(17)18-11-10-15(28-18)12-19-20(27)26(21(29)30-19)13-14-6-2-1-3-7-14/h1-12H,13H2. The summed E-state index contributed by atoms with van der Waals surface area (Å²) >= 11 is 6.46. The third kappa shape index (κ3) is 4.20. The van der Waals surface area contributed by atoms with Gasteiger partial charge in [-0.15, -0.1) is 0 Å². The molecule has 1 aromatic heterocycles. The largest absolute Gasteiger partial charge is 0.457 e. The second-order valence-corrected chi connectivity index (χ2v) is 8.17. The summed E-state index contributed by atoms with van der Waals surface area (Å²) < 4.78 is 45.8. The SMILES string of the molecule is O=C1C(=Cc2ccc(-c3ccccc3C(F)(F)F)o2)SC(=S)N1Cc1ccccc1. The lowest BCUT2D eigenvalue weighted by atomic mass is 10.1. The first-order chi connectivity index (χ1) is 14.3. The van der Waals surface area contributed by atoms with Crippen molar-refractivity contribution in [2.75, 3.05) is 0 Å². The van der Waals surface area contributed by atoms with Gasteiger partial charge in [-0.2, -0.15) is 13.2 Å². The normalized spacial score (nSPS) is 16.0. The highest BCUT2D eigenvalue weighted by atomic mass is 32.2. The highest BCUT2D eigenvalue weighted by Crippen LogP contribution is 2.38. The molecule has 1 amide bonds. The fraction of sp³-hybridized carbons (Fsp3) is 0.0909. The second kappa shape index (κ2) is 8.12. The molecule has 4 rings (SSSR count). The van der Waals surface area contributed by atoms with Crippen molar-refractivity contribution in [1.29, 1.82) is 0 Å². The number of halogens is 3. The number of nitrogens with zero attached hydrogens (tertiary/aromatic N) is 1. The lowest BCUT2D eigenvalue weighted by molar-refractivity contribution is -0.137. The number of rotatable bonds is 4. The Morgan fingerprint density at radius 2 is 1.70 bits per heavy atom. The number of furan rings is 1. The summed E-state index contributed by atoms with van der Waals surface area (Å²) in [4.78, 5) is 14.6. The molecule has 30 heavy (non-hydrogen) atoms. The molecule has 0 aliphatic carbocycles. The summed E-state index contributed by atoms with van der Waals surface area (Å²) in [5, 5.41) is 0. The fourth-order valence-electron chi connectivity index (χ4n) is 3.05. The van der Waals surface area contributed by atoms with Crippen LogP contribution in [0.3, 0.4) is 0 Å². The molecule has 0 N–H and O–H groups in total. The molecule has 0 saturated carbocycles. The van der Waals surface area contributed by atoms with E-state index >= 15 is 0 Å². The average Bonchev–Trinajstić information content (AvgIpc) is 3.29. The molecule has 3 nitrogen and oxygen atoms in total. The lowest BCUT2D eigenvalue weighted by Gasteiger charge is -2.14. The summed E-state index contributed by atoms with van der Waals surface area (Å²) in [5.41, 5.74) is 0.112. The molecule has 3 aromatic rings. The zero-order valence-electron chi connectivity index (χ0n) is 15.3. The number of hydrogen-bond acceptors (Lipinski definition) is 4. The molecule has 0 unspecified atom stereocenters. The van der Waals surface area contributed by atoms with Gasteiger partial charge in [-0.1, -0.05) is 72.5 Å². The van der Waals surface area contributed by atoms with Crippen molar-refractivity contribution in [1.82, 2.24) is 4.90 Å². The van der Waals surface area contributed by atoms with Crippen molar-refractivity contribution in [2.24, 2.45) is 0 Å². The molecular weight excluding hydrogens is 431 g/mol. The van der Waals surface area contributed by atoms with Gasteiger partial charge in [0.15, 0.2) is 0 Å². The molecule has 8 heteroatoms. The summed E-state index contributed by atoms with van der Waals surface area (Å²) in [6.07, 6.45) is -2.99. The molecule has 0 radical (unpaired) electrons. The average molecular weight is 445 g/mol. The number of carbonyl (C=O) groups is 1. The Hall–Kier alpha value is -2.84. The van der Waals surface area contributed by atoms with Crippen LogP contribution in [0.4, 0.5) is 13.2 Å². The van der Waals surface area contributed by atoms with E-state index in [0.29, 0.717) is 15.8 Å². The Bertz CT molecular complexity index is 1140. The van der Waals surface area contributed by atoms with E-state index in [1.54, 1.807) is 0 Å². The summed E-state index contributed by atoms with van der Waals surface area (Å²) in [7, 11) is 0. The van der Waals surface area contributed by atoms with Crippen molar-refractivity contribution in [2.45, 2.75) is 12.7 Å². The van der Waals surface area contributed by atoms with E-state index in [1.807, 2.05) is 30.3 Å². The third-order valence-corrected chi connectivity index (χ3v) is 5.83. The van der Waals surface area contributed by atoms with Crippen LogP contribution in [0.5, 0.6) is 0 Å². The first kappa shape index (κ1) is 20.4. The van der Waals surface area contributed by atoms with E-state index in [2.05, 4.69) is 0 Å². The van der Waals surface area contributed by atoms with Crippen LogP contribution in [0, 0.1) is 0 Å². The summed E-state index contributed by atoms with van der Waals surface area (Å²) in [5.74, 6) is 0.0959. The Morgan fingerprint density at radius 1 is 1.00 bits per heavy atom. The van der Waals surface area contributed by atoms with E-state index in [4.69, 9.17) is 16.6 Å². The molecule has 152 valence electrons. The Balaban J connectivity index is 1.58. The maximum atomic E-state index is 13.3.